The average molecular weight is 271 g/mol. The fraction of sp³-hybridized carbons (Fsp3) is 0.562. The number of hydrogen-bond acceptors (Lipinski definition) is 4. The Kier molecular flexibility index (Phi) is 2.31. The second-order valence-corrected chi connectivity index (χ2v) is 6.22. The van der Waals surface area contributed by atoms with Gasteiger partial charge in [-0.05, 0) is 32.8 Å². The van der Waals surface area contributed by atoms with Crippen molar-refractivity contribution in [1.29, 1.82) is 0 Å². The lowest BCUT2D eigenvalue weighted by atomic mass is 9.92. The smallest absolute Gasteiger partial charge is 0.235 e. The van der Waals surface area contributed by atoms with Gasteiger partial charge in [-0.2, -0.15) is 4.99 Å². The van der Waals surface area contributed by atoms with Gasteiger partial charge in [0, 0.05) is 29.5 Å². The maximum absolute atomic E-state index is 10.8. The molecule has 0 N–H and O–H groups in total. The van der Waals surface area contributed by atoms with Crippen molar-refractivity contribution < 1.29 is 14.3 Å². The molecule has 0 spiro atoms. The Balaban J connectivity index is 1.95. The fourth-order valence-corrected chi connectivity index (χ4v) is 3.54. The summed E-state index contributed by atoms with van der Waals surface area (Å²) in [6, 6.07) is 2.11. The zero-order valence-electron chi connectivity index (χ0n) is 11.7. The molecule has 0 aromatic heterocycles. The molecule has 3 aliphatic rings. The van der Waals surface area contributed by atoms with E-state index in [0.29, 0.717) is 0 Å². The van der Waals surface area contributed by atoms with Crippen LogP contribution in [0.25, 0.3) is 0 Å². The molecule has 1 aromatic rings. The first kappa shape index (κ1) is 12.0. The molecule has 2 heterocycles. The Bertz CT molecular complexity index is 605. The molecule has 1 aliphatic carbocycles. The molecule has 0 saturated heterocycles. The van der Waals surface area contributed by atoms with Crippen LogP contribution in [0.4, 0.5) is 0 Å². The Morgan fingerprint density at radius 2 is 2.00 bits per heavy atom. The molecule has 1 aromatic carbocycles. The van der Waals surface area contributed by atoms with Gasteiger partial charge >= 0.3 is 0 Å². The summed E-state index contributed by atoms with van der Waals surface area (Å²) in [5, 5.41) is 0. The predicted molar refractivity (Wildman–Crippen MR) is 73.1 cm³/mol. The molecule has 0 radical (unpaired) electrons. The van der Waals surface area contributed by atoms with E-state index in [2.05, 4.69) is 24.9 Å². The number of carbonyl (C=O) groups excluding carboxylic acids is 1. The molecule has 1 fully saturated rings. The first-order chi connectivity index (χ1) is 9.63. The minimum Gasteiger partial charge on any atom is -0.490 e. The number of ether oxygens (including phenoxy) is 2. The van der Waals surface area contributed by atoms with Gasteiger partial charge in [0.1, 0.15) is 29.2 Å². The van der Waals surface area contributed by atoms with E-state index in [1.165, 1.54) is 11.1 Å². The Morgan fingerprint density at radius 3 is 2.70 bits per heavy atom. The second kappa shape index (κ2) is 3.86. The maximum atomic E-state index is 10.8. The van der Waals surface area contributed by atoms with Crippen molar-refractivity contribution in [3.63, 3.8) is 0 Å². The van der Waals surface area contributed by atoms with Crippen molar-refractivity contribution >= 4 is 6.08 Å². The van der Waals surface area contributed by atoms with Crippen molar-refractivity contribution in [2.24, 2.45) is 4.99 Å². The number of benzene rings is 1. The zero-order chi connectivity index (χ0) is 13.9. The van der Waals surface area contributed by atoms with Crippen molar-refractivity contribution in [3.8, 4) is 11.5 Å². The molecule has 0 amide bonds. The van der Waals surface area contributed by atoms with E-state index in [4.69, 9.17) is 9.47 Å². The number of isocyanates is 1. The highest BCUT2D eigenvalue weighted by molar-refractivity contribution is 5.62. The maximum Gasteiger partial charge on any atom is 0.235 e. The molecule has 2 aliphatic heterocycles. The van der Waals surface area contributed by atoms with Crippen molar-refractivity contribution in [2.45, 2.75) is 57.3 Å². The van der Waals surface area contributed by atoms with E-state index >= 15 is 0 Å². The highest BCUT2D eigenvalue weighted by atomic mass is 16.5. The molecule has 104 valence electrons. The summed E-state index contributed by atoms with van der Waals surface area (Å²) in [5.41, 5.74) is 3.07. The average Bonchev–Trinajstić information content (AvgIpc) is 2.91. The Hall–Kier alpha value is -1.80. The van der Waals surface area contributed by atoms with Crippen molar-refractivity contribution in [3.05, 3.63) is 22.8 Å². The van der Waals surface area contributed by atoms with Crippen LogP contribution in [-0.2, 0) is 23.2 Å². The van der Waals surface area contributed by atoms with Crippen LogP contribution in [0.1, 0.15) is 43.4 Å². The third-order valence-electron chi connectivity index (χ3n) is 4.52. The summed E-state index contributed by atoms with van der Waals surface area (Å²) in [7, 11) is 0. The Labute approximate surface area is 117 Å². The summed E-state index contributed by atoms with van der Waals surface area (Å²) in [6.07, 6.45) is 5.68. The van der Waals surface area contributed by atoms with E-state index in [9.17, 15) is 4.79 Å². The van der Waals surface area contributed by atoms with E-state index in [1.807, 2.05) is 0 Å². The van der Waals surface area contributed by atoms with Crippen LogP contribution in [0, 0.1) is 0 Å². The van der Waals surface area contributed by atoms with Gasteiger partial charge in [-0.15, -0.1) is 0 Å². The van der Waals surface area contributed by atoms with Gasteiger partial charge in [-0.1, -0.05) is 0 Å². The van der Waals surface area contributed by atoms with Crippen LogP contribution in [0.3, 0.4) is 0 Å². The molecule has 4 rings (SSSR count). The molecule has 1 saturated carbocycles. The largest absolute Gasteiger partial charge is 0.490 e. The highest BCUT2D eigenvalue weighted by Crippen LogP contribution is 2.58. The van der Waals surface area contributed by atoms with Gasteiger partial charge in [-0.25, -0.2) is 4.79 Å². The third-order valence-corrected chi connectivity index (χ3v) is 4.52. The first-order valence-electron chi connectivity index (χ1n) is 7.24. The van der Waals surface area contributed by atoms with Crippen LogP contribution in [0.2, 0.25) is 0 Å². The predicted octanol–water partition coefficient (Wildman–Crippen LogP) is 2.66. The van der Waals surface area contributed by atoms with Crippen molar-refractivity contribution in [1.82, 2.24) is 0 Å². The lowest BCUT2D eigenvalue weighted by Gasteiger charge is -2.17. The summed E-state index contributed by atoms with van der Waals surface area (Å²) in [6.45, 7) is 4.14. The normalized spacial score (nSPS) is 27.9. The van der Waals surface area contributed by atoms with Gasteiger partial charge in [0.25, 0.3) is 0 Å². The number of rotatable bonds is 2. The van der Waals surface area contributed by atoms with Gasteiger partial charge in [0.05, 0.1) is 0 Å². The van der Waals surface area contributed by atoms with E-state index in [0.717, 1.165) is 42.7 Å². The first-order valence-corrected chi connectivity index (χ1v) is 7.24. The minimum atomic E-state index is -0.394. The minimum absolute atomic E-state index is 0.180. The van der Waals surface area contributed by atoms with Gasteiger partial charge < -0.3 is 9.47 Å². The van der Waals surface area contributed by atoms with E-state index in [-0.39, 0.29) is 12.2 Å². The number of hydrogen-bond donors (Lipinski definition) is 0. The topological polar surface area (TPSA) is 47.9 Å². The highest BCUT2D eigenvalue weighted by Gasteiger charge is 2.51. The Morgan fingerprint density at radius 1 is 1.25 bits per heavy atom. The molecular formula is C16H17NO3. The fourth-order valence-electron chi connectivity index (χ4n) is 3.54. The SMILES string of the molecule is CC1Cc2c(cc3c(c2C2(N=C=O)CC2)OC(C)C3)O1. The van der Waals surface area contributed by atoms with E-state index < -0.39 is 5.54 Å². The molecule has 2 atom stereocenters. The van der Waals surface area contributed by atoms with Gasteiger partial charge in [0.15, 0.2) is 0 Å². The molecule has 4 heteroatoms. The summed E-state index contributed by atoms with van der Waals surface area (Å²) >= 11 is 0. The standard InChI is InChI=1S/C16H17NO3/c1-9-5-11-7-13-12(6-10(2)19-13)14(15(11)20-9)16(3-4-16)17-8-18/h7,9-10H,3-6H2,1-2H3. The molecule has 0 bridgehead atoms. The number of nitrogens with zero attached hydrogens (tertiary/aromatic N) is 1. The molecular weight excluding hydrogens is 254 g/mol. The van der Waals surface area contributed by atoms with Crippen LogP contribution in [-0.4, -0.2) is 18.3 Å². The van der Waals surface area contributed by atoms with E-state index in [1.54, 1.807) is 6.08 Å². The number of aliphatic imine (C=N–C) groups is 1. The molecule has 4 nitrogen and oxygen atoms in total. The summed E-state index contributed by atoms with van der Waals surface area (Å²) in [5.74, 6) is 1.90. The summed E-state index contributed by atoms with van der Waals surface area (Å²) in [4.78, 5) is 14.9. The van der Waals surface area contributed by atoms with Crippen LogP contribution >= 0.6 is 0 Å². The zero-order valence-corrected chi connectivity index (χ0v) is 11.7. The van der Waals surface area contributed by atoms with Crippen molar-refractivity contribution in [2.75, 3.05) is 0 Å². The van der Waals surface area contributed by atoms with Crippen LogP contribution in [0.15, 0.2) is 11.1 Å². The van der Waals surface area contributed by atoms with Crippen LogP contribution in [0.5, 0.6) is 11.5 Å². The summed E-state index contributed by atoms with van der Waals surface area (Å²) < 4.78 is 11.9. The monoisotopic (exact) mass is 271 g/mol. The van der Waals surface area contributed by atoms with Crippen LogP contribution < -0.4 is 9.47 Å². The quantitative estimate of drug-likeness (QED) is 0.613. The molecule has 2 unspecified atom stereocenters. The third kappa shape index (κ3) is 1.55. The van der Waals surface area contributed by atoms with Gasteiger partial charge in [-0.3, -0.25) is 0 Å². The lowest BCUT2D eigenvalue weighted by molar-refractivity contribution is 0.250. The second-order valence-electron chi connectivity index (χ2n) is 6.22. The van der Waals surface area contributed by atoms with Gasteiger partial charge in [0.2, 0.25) is 6.08 Å². The lowest BCUT2D eigenvalue weighted by Crippen LogP contribution is -2.11. The number of fused-ring (bicyclic) bond motifs is 2. The molecule has 20 heavy (non-hydrogen) atoms.